The van der Waals surface area contributed by atoms with E-state index in [-0.39, 0.29) is 0 Å². The second-order valence-corrected chi connectivity index (χ2v) is 5.84. The van der Waals surface area contributed by atoms with Gasteiger partial charge in [-0.15, -0.1) is 0 Å². The number of hydrogen-bond donors (Lipinski definition) is 2. The van der Waals surface area contributed by atoms with Crippen molar-refractivity contribution in [1.29, 1.82) is 0 Å². The van der Waals surface area contributed by atoms with Crippen LogP contribution >= 0.6 is 0 Å². The maximum Gasteiger partial charge on any atom is 0.118 e. The molecule has 0 unspecified atom stereocenters. The quantitative estimate of drug-likeness (QED) is 0.692. The maximum absolute atomic E-state index is 10.3. The van der Waals surface area contributed by atoms with Gasteiger partial charge in [-0.3, -0.25) is 9.67 Å². The maximum atomic E-state index is 10.3. The fourth-order valence-corrected chi connectivity index (χ4v) is 2.70. The Morgan fingerprint density at radius 1 is 1.24 bits per heavy atom. The van der Waals surface area contributed by atoms with Crippen LogP contribution in [0.1, 0.15) is 17.2 Å². The Bertz CT molecular complexity index is 800. The van der Waals surface area contributed by atoms with Gasteiger partial charge in [0.1, 0.15) is 5.75 Å². The summed E-state index contributed by atoms with van der Waals surface area (Å²) in [5.41, 5.74) is 3.81. The van der Waals surface area contributed by atoms with E-state index in [1.165, 1.54) is 0 Å². The third-order valence-electron chi connectivity index (χ3n) is 3.99. The lowest BCUT2D eigenvalue weighted by Crippen LogP contribution is -2.21. The van der Waals surface area contributed by atoms with Crippen LogP contribution in [-0.2, 0) is 13.6 Å². The number of nitrogens with zero attached hydrogens (tertiary/aromatic N) is 3. The van der Waals surface area contributed by atoms with Crippen molar-refractivity contribution in [2.75, 3.05) is 13.7 Å². The number of rotatable bonds is 7. The van der Waals surface area contributed by atoms with Gasteiger partial charge in [-0.25, -0.2) is 0 Å². The second kappa shape index (κ2) is 7.92. The number of nitrogens with one attached hydrogen (secondary N) is 1. The molecule has 1 aromatic carbocycles. The number of aryl methyl sites for hydroxylation is 1. The van der Waals surface area contributed by atoms with E-state index in [1.807, 2.05) is 49.6 Å². The van der Waals surface area contributed by atoms with E-state index in [0.717, 1.165) is 28.1 Å². The first-order valence-corrected chi connectivity index (χ1v) is 8.13. The molecule has 1 atom stereocenters. The van der Waals surface area contributed by atoms with Crippen molar-refractivity contribution < 1.29 is 9.84 Å². The summed E-state index contributed by atoms with van der Waals surface area (Å²) < 4.78 is 6.92. The Labute approximate surface area is 147 Å². The molecule has 130 valence electrons. The van der Waals surface area contributed by atoms with E-state index in [9.17, 15) is 5.11 Å². The summed E-state index contributed by atoms with van der Waals surface area (Å²) in [6, 6.07) is 11.3. The normalized spacial score (nSPS) is 12.1. The monoisotopic (exact) mass is 338 g/mol. The summed E-state index contributed by atoms with van der Waals surface area (Å²) in [5, 5.41) is 18.1. The van der Waals surface area contributed by atoms with Gasteiger partial charge in [0.05, 0.1) is 18.9 Å². The average Bonchev–Trinajstić information content (AvgIpc) is 3.03. The number of methoxy groups -OCH3 is 1. The van der Waals surface area contributed by atoms with Crippen LogP contribution in [0.25, 0.3) is 11.3 Å². The number of aliphatic hydroxyl groups is 1. The minimum Gasteiger partial charge on any atom is -0.497 e. The van der Waals surface area contributed by atoms with Gasteiger partial charge < -0.3 is 15.2 Å². The van der Waals surface area contributed by atoms with Crippen molar-refractivity contribution >= 4 is 0 Å². The zero-order chi connectivity index (χ0) is 17.6. The van der Waals surface area contributed by atoms with Crippen molar-refractivity contribution in [3.63, 3.8) is 0 Å². The van der Waals surface area contributed by atoms with Crippen LogP contribution in [0.3, 0.4) is 0 Å². The molecule has 0 spiro atoms. The number of hydrogen-bond acceptors (Lipinski definition) is 5. The lowest BCUT2D eigenvalue weighted by Gasteiger charge is -2.13. The summed E-state index contributed by atoms with van der Waals surface area (Å²) >= 11 is 0. The van der Waals surface area contributed by atoms with Crippen LogP contribution in [0, 0.1) is 0 Å². The van der Waals surface area contributed by atoms with Gasteiger partial charge in [0.25, 0.3) is 0 Å². The van der Waals surface area contributed by atoms with Gasteiger partial charge in [-0.05, 0) is 29.8 Å². The number of aromatic nitrogens is 3. The van der Waals surface area contributed by atoms with Gasteiger partial charge in [0, 0.05) is 49.9 Å². The van der Waals surface area contributed by atoms with Gasteiger partial charge >= 0.3 is 0 Å². The molecule has 0 saturated heterocycles. The number of benzene rings is 1. The number of pyridine rings is 1. The summed E-state index contributed by atoms with van der Waals surface area (Å²) in [5.74, 6) is 0.778. The van der Waals surface area contributed by atoms with E-state index in [1.54, 1.807) is 24.2 Å². The molecule has 6 nitrogen and oxygen atoms in total. The van der Waals surface area contributed by atoms with Crippen LogP contribution in [0.5, 0.6) is 5.75 Å². The molecular weight excluding hydrogens is 316 g/mol. The molecule has 0 amide bonds. The molecule has 0 radical (unpaired) electrons. The van der Waals surface area contributed by atoms with Gasteiger partial charge in [-0.1, -0.05) is 12.1 Å². The molecule has 0 aliphatic heterocycles. The smallest absolute Gasteiger partial charge is 0.118 e. The molecular formula is C19H22N4O2. The van der Waals surface area contributed by atoms with Crippen LogP contribution < -0.4 is 10.1 Å². The first-order chi connectivity index (χ1) is 12.2. The van der Waals surface area contributed by atoms with Crippen molar-refractivity contribution in [2.45, 2.75) is 12.6 Å². The Morgan fingerprint density at radius 3 is 2.72 bits per heavy atom. The third-order valence-corrected chi connectivity index (χ3v) is 3.99. The fraction of sp³-hybridized carbons (Fsp3) is 0.263. The molecule has 0 aliphatic carbocycles. The summed E-state index contributed by atoms with van der Waals surface area (Å²) in [7, 11) is 3.52. The summed E-state index contributed by atoms with van der Waals surface area (Å²) in [6.07, 6.45) is 4.95. The van der Waals surface area contributed by atoms with Crippen molar-refractivity contribution in [1.82, 2.24) is 20.1 Å². The summed E-state index contributed by atoms with van der Waals surface area (Å²) in [6.45, 7) is 1.07. The van der Waals surface area contributed by atoms with Gasteiger partial charge in [0.2, 0.25) is 0 Å². The van der Waals surface area contributed by atoms with E-state index in [2.05, 4.69) is 15.4 Å². The minimum atomic E-state index is -0.579. The van der Waals surface area contributed by atoms with Crippen LogP contribution in [0.2, 0.25) is 0 Å². The molecule has 0 bridgehead atoms. The number of aliphatic hydroxyl groups excluding tert-OH is 1. The minimum absolute atomic E-state index is 0.452. The number of ether oxygens (including phenoxy) is 1. The molecule has 3 aromatic rings. The Kier molecular flexibility index (Phi) is 5.42. The molecule has 0 fully saturated rings. The lowest BCUT2D eigenvalue weighted by molar-refractivity contribution is 0.174. The van der Waals surface area contributed by atoms with Crippen LogP contribution in [0.4, 0.5) is 0 Å². The Hall–Kier alpha value is -2.70. The second-order valence-electron chi connectivity index (χ2n) is 5.84. The molecule has 2 N–H and O–H groups in total. The SMILES string of the molecule is COc1ccc([C@H](O)CNCc2cn(C)nc2-c2cccnc2)cc1. The van der Waals surface area contributed by atoms with Crippen molar-refractivity contribution in [3.05, 3.63) is 66.1 Å². The average molecular weight is 338 g/mol. The van der Waals surface area contributed by atoms with Crippen molar-refractivity contribution in [2.24, 2.45) is 7.05 Å². The molecule has 2 heterocycles. The highest BCUT2D eigenvalue weighted by Gasteiger charge is 2.12. The Balaban J connectivity index is 1.62. The van der Waals surface area contributed by atoms with E-state index >= 15 is 0 Å². The predicted octanol–water partition coefficient (Wildman–Crippen LogP) is 2.31. The lowest BCUT2D eigenvalue weighted by atomic mass is 10.1. The third kappa shape index (κ3) is 4.23. The molecule has 6 heteroatoms. The summed E-state index contributed by atoms with van der Waals surface area (Å²) in [4.78, 5) is 4.15. The van der Waals surface area contributed by atoms with Crippen LogP contribution in [-0.4, -0.2) is 33.5 Å². The highest BCUT2D eigenvalue weighted by Crippen LogP contribution is 2.21. The first-order valence-electron chi connectivity index (χ1n) is 8.13. The van der Waals surface area contributed by atoms with Crippen LogP contribution in [0.15, 0.2) is 55.0 Å². The molecule has 0 aliphatic rings. The first kappa shape index (κ1) is 17.1. The standard InChI is InChI=1S/C19H22N4O2/c1-23-13-16(19(22-23)15-4-3-9-20-10-15)11-21-12-18(24)14-5-7-17(25-2)8-6-14/h3-10,13,18,21,24H,11-12H2,1-2H3/t18-/m1/s1. The Morgan fingerprint density at radius 2 is 2.04 bits per heavy atom. The molecule has 25 heavy (non-hydrogen) atoms. The molecule has 3 rings (SSSR count). The van der Waals surface area contributed by atoms with E-state index in [4.69, 9.17) is 4.74 Å². The van der Waals surface area contributed by atoms with E-state index in [0.29, 0.717) is 13.1 Å². The predicted molar refractivity (Wildman–Crippen MR) is 96.1 cm³/mol. The highest BCUT2D eigenvalue weighted by atomic mass is 16.5. The van der Waals surface area contributed by atoms with E-state index < -0.39 is 6.10 Å². The molecule has 2 aromatic heterocycles. The van der Waals surface area contributed by atoms with Crippen molar-refractivity contribution in [3.8, 4) is 17.0 Å². The zero-order valence-electron chi connectivity index (χ0n) is 14.4. The van der Waals surface area contributed by atoms with Gasteiger partial charge in [0.15, 0.2) is 0 Å². The fourth-order valence-electron chi connectivity index (χ4n) is 2.70. The molecule has 0 saturated carbocycles. The topological polar surface area (TPSA) is 72.2 Å². The largest absolute Gasteiger partial charge is 0.497 e. The highest BCUT2D eigenvalue weighted by molar-refractivity contribution is 5.61. The van der Waals surface area contributed by atoms with Gasteiger partial charge in [-0.2, -0.15) is 5.10 Å². The zero-order valence-corrected chi connectivity index (χ0v) is 14.4.